The Labute approximate surface area is 111 Å². The number of benzene rings is 1. The van der Waals surface area contributed by atoms with Crippen molar-refractivity contribution >= 4 is 11.6 Å². The average Bonchev–Trinajstić information content (AvgIpc) is 2.91. The highest BCUT2D eigenvalue weighted by molar-refractivity contribution is 5.80. The number of anilines is 1. The lowest BCUT2D eigenvalue weighted by molar-refractivity contribution is -0.127. The topological polar surface area (TPSA) is 77.5 Å². The smallest absolute Gasteiger partial charge is 0.261 e. The molecule has 1 aromatic heterocycles. The second-order valence-electron chi connectivity index (χ2n) is 4.13. The van der Waals surface area contributed by atoms with E-state index in [1.807, 2.05) is 0 Å². The monoisotopic (exact) mass is 260 g/mol. The summed E-state index contributed by atoms with van der Waals surface area (Å²) < 4.78 is 10.6. The molecule has 1 heterocycles. The number of hydrogen-bond acceptors (Lipinski definition) is 4. The summed E-state index contributed by atoms with van der Waals surface area (Å²) in [5.41, 5.74) is 6.23. The summed E-state index contributed by atoms with van der Waals surface area (Å²) in [7, 11) is 0. The highest BCUT2D eigenvalue weighted by Crippen LogP contribution is 2.14. The highest BCUT2D eigenvalue weighted by atomic mass is 16.5. The maximum atomic E-state index is 11.8. The van der Waals surface area contributed by atoms with E-state index in [1.54, 1.807) is 49.6 Å². The van der Waals surface area contributed by atoms with E-state index in [0.717, 1.165) is 0 Å². The zero-order chi connectivity index (χ0) is 13.7. The first-order valence-electron chi connectivity index (χ1n) is 5.97. The quantitative estimate of drug-likeness (QED) is 0.805. The number of carbonyl (C=O) groups is 1. The van der Waals surface area contributed by atoms with Crippen LogP contribution >= 0.6 is 0 Å². The fourth-order valence-corrected chi connectivity index (χ4v) is 1.54. The van der Waals surface area contributed by atoms with Gasteiger partial charge in [0.1, 0.15) is 11.5 Å². The number of carbonyl (C=O) groups excluding carboxylic acids is 1. The standard InChI is InChI=1S/C14H16N2O3/c1-10(19-12-6-4-11(15)5-7-12)14(17)16-9-13-3-2-8-18-13/h2-8,10H,9,15H2,1H3,(H,16,17). The van der Waals surface area contributed by atoms with Crippen molar-refractivity contribution in [3.05, 3.63) is 48.4 Å². The molecule has 19 heavy (non-hydrogen) atoms. The predicted octanol–water partition coefficient (Wildman–Crippen LogP) is 1.95. The third kappa shape index (κ3) is 3.77. The summed E-state index contributed by atoms with van der Waals surface area (Å²) in [6, 6.07) is 10.5. The number of nitrogens with two attached hydrogens (primary N) is 1. The Morgan fingerprint density at radius 2 is 2.11 bits per heavy atom. The van der Waals surface area contributed by atoms with Gasteiger partial charge in [0.2, 0.25) is 0 Å². The molecule has 5 nitrogen and oxygen atoms in total. The van der Waals surface area contributed by atoms with Gasteiger partial charge in [-0.05, 0) is 43.3 Å². The van der Waals surface area contributed by atoms with Crippen molar-refractivity contribution in [3.63, 3.8) is 0 Å². The van der Waals surface area contributed by atoms with Crippen LogP contribution in [0.3, 0.4) is 0 Å². The largest absolute Gasteiger partial charge is 0.481 e. The third-order valence-corrected chi connectivity index (χ3v) is 2.58. The van der Waals surface area contributed by atoms with Crippen molar-refractivity contribution < 1.29 is 13.9 Å². The molecule has 2 aromatic rings. The molecule has 1 atom stereocenters. The van der Waals surface area contributed by atoms with E-state index >= 15 is 0 Å². The molecular weight excluding hydrogens is 244 g/mol. The Kier molecular flexibility index (Phi) is 4.07. The van der Waals surface area contributed by atoms with Gasteiger partial charge in [0.05, 0.1) is 12.8 Å². The second-order valence-corrected chi connectivity index (χ2v) is 4.13. The highest BCUT2D eigenvalue weighted by Gasteiger charge is 2.14. The Morgan fingerprint density at radius 3 is 2.74 bits per heavy atom. The molecule has 3 N–H and O–H groups in total. The maximum absolute atomic E-state index is 11.8. The molecule has 0 aliphatic heterocycles. The summed E-state index contributed by atoms with van der Waals surface area (Å²) in [6.45, 7) is 2.04. The van der Waals surface area contributed by atoms with Crippen LogP contribution in [0, 0.1) is 0 Å². The molecule has 0 radical (unpaired) electrons. The van der Waals surface area contributed by atoms with Gasteiger partial charge in [-0.1, -0.05) is 0 Å². The summed E-state index contributed by atoms with van der Waals surface area (Å²) in [4.78, 5) is 11.8. The summed E-state index contributed by atoms with van der Waals surface area (Å²) in [5, 5.41) is 2.73. The Morgan fingerprint density at radius 1 is 1.37 bits per heavy atom. The molecule has 1 amide bonds. The van der Waals surface area contributed by atoms with Crippen LogP contribution in [0.2, 0.25) is 0 Å². The van der Waals surface area contributed by atoms with Gasteiger partial charge in [-0.15, -0.1) is 0 Å². The van der Waals surface area contributed by atoms with Gasteiger partial charge >= 0.3 is 0 Å². The van der Waals surface area contributed by atoms with Crippen LogP contribution in [0.25, 0.3) is 0 Å². The fourth-order valence-electron chi connectivity index (χ4n) is 1.54. The molecule has 5 heteroatoms. The van der Waals surface area contributed by atoms with Crippen LogP contribution in [-0.4, -0.2) is 12.0 Å². The first-order valence-corrected chi connectivity index (χ1v) is 5.97. The maximum Gasteiger partial charge on any atom is 0.261 e. The molecule has 2 rings (SSSR count). The molecule has 0 aliphatic rings. The van der Waals surface area contributed by atoms with Crippen LogP contribution in [0.4, 0.5) is 5.69 Å². The van der Waals surface area contributed by atoms with Crippen molar-refractivity contribution in [1.29, 1.82) is 0 Å². The molecule has 0 saturated heterocycles. The molecule has 100 valence electrons. The minimum Gasteiger partial charge on any atom is -0.481 e. The van der Waals surface area contributed by atoms with E-state index < -0.39 is 6.10 Å². The van der Waals surface area contributed by atoms with Crippen LogP contribution in [-0.2, 0) is 11.3 Å². The van der Waals surface area contributed by atoms with Gasteiger partial charge in [-0.2, -0.15) is 0 Å². The Balaban J connectivity index is 1.83. The number of rotatable bonds is 5. The number of amides is 1. The van der Waals surface area contributed by atoms with Gasteiger partial charge in [-0.25, -0.2) is 0 Å². The number of ether oxygens (including phenoxy) is 1. The zero-order valence-electron chi connectivity index (χ0n) is 10.6. The molecule has 0 aliphatic carbocycles. The van der Waals surface area contributed by atoms with Crippen molar-refractivity contribution in [2.45, 2.75) is 19.6 Å². The first kappa shape index (κ1) is 13.0. The van der Waals surface area contributed by atoms with Crippen LogP contribution in [0.5, 0.6) is 5.75 Å². The minimum atomic E-state index is -0.585. The number of hydrogen-bond donors (Lipinski definition) is 2. The van der Waals surface area contributed by atoms with E-state index in [9.17, 15) is 4.79 Å². The molecule has 1 aromatic carbocycles. The van der Waals surface area contributed by atoms with E-state index in [1.165, 1.54) is 0 Å². The lowest BCUT2D eigenvalue weighted by Gasteiger charge is -2.14. The molecular formula is C14H16N2O3. The second kappa shape index (κ2) is 5.95. The van der Waals surface area contributed by atoms with Gasteiger partial charge in [0.25, 0.3) is 5.91 Å². The molecule has 0 spiro atoms. The zero-order valence-corrected chi connectivity index (χ0v) is 10.6. The molecule has 0 saturated carbocycles. The van der Waals surface area contributed by atoms with Crippen LogP contribution < -0.4 is 15.8 Å². The van der Waals surface area contributed by atoms with Gasteiger partial charge in [0, 0.05) is 5.69 Å². The lowest BCUT2D eigenvalue weighted by Crippen LogP contribution is -2.35. The minimum absolute atomic E-state index is 0.201. The fraction of sp³-hybridized carbons (Fsp3) is 0.214. The molecule has 0 fully saturated rings. The van der Waals surface area contributed by atoms with E-state index in [0.29, 0.717) is 23.7 Å². The van der Waals surface area contributed by atoms with Crippen molar-refractivity contribution in [1.82, 2.24) is 5.32 Å². The number of nitrogens with one attached hydrogen (secondary N) is 1. The van der Waals surface area contributed by atoms with Crippen molar-refractivity contribution in [2.24, 2.45) is 0 Å². The Bertz CT molecular complexity index is 520. The van der Waals surface area contributed by atoms with E-state index in [2.05, 4.69) is 5.32 Å². The third-order valence-electron chi connectivity index (χ3n) is 2.58. The average molecular weight is 260 g/mol. The van der Waals surface area contributed by atoms with Gasteiger partial charge in [0.15, 0.2) is 6.10 Å². The number of furan rings is 1. The normalized spacial score (nSPS) is 11.8. The van der Waals surface area contributed by atoms with E-state index in [4.69, 9.17) is 14.9 Å². The van der Waals surface area contributed by atoms with Gasteiger partial charge in [-0.3, -0.25) is 4.79 Å². The van der Waals surface area contributed by atoms with Crippen molar-refractivity contribution in [3.8, 4) is 5.75 Å². The van der Waals surface area contributed by atoms with Crippen LogP contribution in [0.1, 0.15) is 12.7 Å². The summed E-state index contributed by atoms with van der Waals surface area (Å²) >= 11 is 0. The molecule has 1 unspecified atom stereocenters. The molecule has 0 bridgehead atoms. The predicted molar refractivity (Wildman–Crippen MR) is 71.5 cm³/mol. The van der Waals surface area contributed by atoms with Gasteiger partial charge < -0.3 is 20.2 Å². The van der Waals surface area contributed by atoms with E-state index in [-0.39, 0.29) is 5.91 Å². The summed E-state index contributed by atoms with van der Waals surface area (Å²) in [6.07, 6.45) is 0.981. The number of nitrogen functional groups attached to an aromatic ring is 1. The van der Waals surface area contributed by atoms with Crippen molar-refractivity contribution in [2.75, 3.05) is 5.73 Å². The Hall–Kier alpha value is -2.43. The van der Waals surface area contributed by atoms with Crippen LogP contribution in [0.15, 0.2) is 47.1 Å². The SMILES string of the molecule is CC(Oc1ccc(N)cc1)C(=O)NCc1ccco1. The summed E-state index contributed by atoms with van der Waals surface area (Å²) in [5.74, 6) is 1.11. The first-order chi connectivity index (χ1) is 9.15. The lowest BCUT2D eigenvalue weighted by atomic mass is 10.3.